The lowest BCUT2D eigenvalue weighted by Crippen LogP contribution is -1.91. The van der Waals surface area contributed by atoms with Crippen LogP contribution in [0.5, 0.6) is 11.6 Å². The Morgan fingerprint density at radius 2 is 2.00 bits per heavy atom. The minimum Gasteiger partial charge on any atom is -0.436 e. The summed E-state index contributed by atoms with van der Waals surface area (Å²) >= 11 is 11.8. The van der Waals surface area contributed by atoms with E-state index in [1.807, 2.05) is 6.07 Å². The Hall–Kier alpha value is -1.76. The number of pyridine rings is 1. The predicted molar refractivity (Wildman–Crippen MR) is 65.5 cm³/mol. The Labute approximate surface area is 108 Å². The van der Waals surface area contributed by atoms with Gasteiger partial charge in [-0.25, -0.2) is 4.98 Å². The van der Waals surface area contributed by atoms with Crippen LogP contribution in [0.3, 0.4) is 0 Å². The molecule has 1 heterocycles. The summed E-state index contributed by atoms with van der Waals surface area (Å²) < 4.78 is 5.46. The minimum absolute atomic E-state index is 0.208. The number of rotatable bonds is 2. The monoisotopic (exact) mass is 264 g/mol. The lowest BCUT2D eigenvalue weighted by atomic mass is 10.3. The molecule has 0 amide bonds. The van der Waals surface area contributed by atoms with Crippen LogP contribution in [0.15, 0.2) is 36.5 Å². The molecular formula is C12H6Cl2N2O. The molecule has 0 aliphatic heterocycles. The number of ether oxygens (including phenoxy) is 1. The molecule has 1 aromatic heterocycles. The molecule has 0 aliphatic rings. The van der Waals surface area contributed by atoms with E-state index in [1.165, 1.54) is 6.20 Å². The number of halogens is 2. The van der Waals surface area contributed by atoms with Crippen molar-refractivity contribution in [2.45, 2.75) is 0 Å². The fourth-order valence-electron chi connectivity index (χ4n) is 1.22. The first kappa shape index (κ1) is 11.7. The molecule has 0 saturated heterocycles. The number of nitriles is 1. The molecule has 0 atom stereocenters. The molecule has 0 spiro atoms. The second-order valence-electron chi connectivity index (χ2n) is 3.12. The van der Waals surface area contributed by atoms with Gasteiger partial charge in [-0.2, -0.15) is 5.26 Å². The third-order valence-corrected chi connectivity index (χ3v) is 2.82. The lowest BCUT2D eigenvalue weighted by molar-refractivity contribution is 0.461. The third kappa shape index (κ3) is 2.50. The minimum atomic E-state index is 0.208. The van der Waals surface area contributed by atoms with Crippen LogP contribution in [-0.4, -0.2) is 4.98 Å². The highest BCUT2D eigenvalue weighted by molar-refractivity contribution is 6.42. The van der Waals surface area contributed by atoms with Gasteiger partial charge in [0.2, 0.25) is 5.88 Å². The number of benzene rings is 1. The summed E-state index contributed by atoms with van der Waals surface area (Å²) in [6, 6.07) is 10.3. The zero-order valence-electron chi connectivity index (χ0n) is 8.52. The molecule has 0 aliphatic carbocycles. The largest absolute Gasteiger partial charge is 0.436 e. The van der Waals surface area contributed by atoms with Crippen molar-refractivity contribution in [3.8, 4) is 17.7 Å². The average Bonchev–Trinajstić information content (AvgIpc) is 2.35. The van der Waals surface area contributed by atoms with Gasteiger partial charge in [0.05, 0.1) is 5.02 Å². The van der Waals surface area contributed by atoms with Crippen LogP contribution in [0.1, 0.15) is 5.56 Å². The van der Waals surface area contributed by atoms with Gasteiger partial charge in [0, 0.05) is 6.20 Å². The molecule has 1 aromatic carbocycles. The van der Waals surface area contributed by atoms with Crippen molar-refractivity contribution in [1.29, 1.82) is 5.26 Å². The molecule has 3 nitrogen and oxygen atoms in total. The van der Waals surface area contributed by atoms with E-state index in [9.17, 15) is 0 Å². The van der Waals surface area contributed by atoms with Crippen LogP contribution in [0, 0.1) is 11.3 Å². The second kappa shape index (κ2) is 5.05. The van der Waals surface area contributed by atoms with E-state index in [4.69, 9.17) is 33.2 Å². The fourth-order valence-corrected chi connectivity index (χ4v) is 1.55. The van der Waals surface area contributed by atoms with Crippen molar-refractivity contribution in [3.05, 3.63) is 52.1 Å². The highest BCUT2D eigenvalue weighted by atomic mass is 35.5. The van der Waals surface area contributed by atoms with E-state index in [0.717, 1.165) is 0 Å². The van der Waals surface area contributed by atoms with Gasteiger partial charge in [0.25, 0.3) is 0 Å². The van der Waals surface area contributed by atoms with Gasteiger partial charge >= 0.3 is 0 Å². The van der Waals surface area contributed by atoms with Gasteiger partial charge in [0.1, 0.15) is 22.4 Å². The Balaban J connectivity index is 2.39. The van der Waals surface area contributed by atoms with Gasteiger partial charge in [-0.05, 0) is 24.3 Å². The normalized spacial score (nSPS) is 9.71. The molecule has 0 saturated carbocycles. The smallest absolute Gasteiger partial charge is 0.237 e. The van der Waals surface area contributed by atoms with Crippen LogP contribution in [-0.2, 0) is 0 Å². The van der Waals surface area contributed by atoms with Crippen LogP contribution < -0.4 is 4.74 Å². The summed E-state index contributed by atoms with van der Waals surface area (Å²) in [6.45, 7) is 0. The number of aromatic nitrogens is 1. The fraction of sp³-hybridized carbons (Fsp3) is 0. The predicted octanol–water partition coefficient (Wildman–Crippen LogP) is 4.05. The summed E-state index contributed by atoms with van der Waals surface area (Å²) in [5.74, 6) is 0.577. The van der Waals surface area contributed by atoms with Crippen LogP contribution in [0.2, 0.25) is 10.0 Å². The molecule has 5 heteroatoms. The first-order valence-electron chi connectivity index (χ1n) is 4.69. The lowest BCUT2D eigenvalue weighted by Gasteiger charge is -2.08. The SMILES string of the molecule is N#Cc1cccnc1Oc1cccc(Cl)c1Cl. The van der Waals surface area contributed by atoms with E-state index < -0.39 is 0 Å². The maximum atomic E-state index is 8.89. The third-order valence-electron chi connectivity index (χ3n) is 2.01. The Kier molecular flexibility index (Phi) is 3.48. The molecular weight excluding hydrogens is 259 g/mol. The number of nitrogens with zero attached hydrogens (tertiary/aromatic N) is 2. The molecule has 17 heavy (non-hydrogen) atoms. The molecule has 0 N–H and O–H groups in total. The quantitative estimate of drug-likeness (QED) is 0.822. The summed E-state index contributed by atoms with van der Waals surface area (Å²) in [5.41, 5.74) is 0.337. The van der Waals surface area contributed by atoms with Crippen molar-refractivity contribution in [2.24, 2.45) is 0 Å². The van der Waals surface area contributed by atoms with Crippen molar-refractivity contribution in [3.63, 3.8) is 0 Å². The van der Waals surface area contributed by atoms with Crippen LogP contribution in [0.25, 0.3) is 0 Å². The number of hydrogen-bond donors (Lipinski definition) is 0. The molecule has 0 bridgehead atoms. The van der Waals surface area contributed by atoms with Crippen molar-refractivity contribution in [2.75, 3.05) is 0 Å². The molecule has 2 rings (SSSR count). The summed E-state index contributed by atoms with van der Waals surface area (Å²) in [7, 11) is 0. The molecule has 0 radical (unpaired) electrons. The van der Waals surface area contributed by atoms with E-state index in [1.54, 1.807) is 30.3 Å². The zero-order valence-corrected chi connectivity index (χ0v) is 10.0. The van der Waals surface area contributed by atoms with Crippen LogP contribution in [0.4, 0.5) is 0 Å². The average molecular weight is 265 g/mol. The molecule has 0 fully saturated rings. The zero-order chi connectivity index (χ0) is 12.3. The maximum Gasteiger partial charge on any atom is 0.237 e. The van der Waals surface area contributed by atoms with E-state index in [-0.39, 0.29) is 5.88 Å². The standard InChI is InChI=1S/C12H6Cl2N2O/c13-9-4-1-5-10(11(9)14)17-12-8(7-15)3-2-6-16-12/h1-6H. The highest BCUT2D eigenvalue weighted by Crippen LogP contribution is 2.34. The van der Waals surface area contributed by atoms with Crippen molar-refractivity contribution < 1.29 is 4.74 Å². The summed E-state index contributed by atoms with van der Waals surface area (Å²) in [6.07, 6.45) is 1.54. The molecule has 0 unspecified atom stereocenters. The van der Waals surface area contributed by atoms with Gasteiger partial charge in [-0.15, -0.1) is 0 Å². The van der Waals surface area contributed by atoms with E-state index >= 15 is 0 Å². The van der Waals surface area contributed by atoms with E-state index in [0.29, 0.717) is 21.4 Å². The maximum absolute atomic E-state index is 8.89. The van der Waals surface area contributed by atoms with E-state index in [2.05, 4.69) is 4.98 Å². The molecule has 2 aromatic rings. The number of hydrogen-bond acceptors (Lipinski definition) is 3. The topological polar surface area (TPSA) is 45.9 Å². The van der Waals surface area contributed by atoms with Gasteiger partial charge < -0.3 is 4.74 Å². The van der Waals surface area contributed by atoms with Crippen molar-refractivity contribution in [1.82, 2.24) is 4.98 Å². The first-order valence-corrected chi connectivity index (χ1v) is 5.45. The second-order valence-corrected chi connectivity index (χ2v) is 3.91. The van der Waals surface area contributed by atoms with Crippen LogP contribution >= 0.6 is 23.2 Å². The molecule has 84 valence electrons. The Bertz CT molecular complexity index is 593. The van der Waals surface area contributed by atoms with Gasteiger partial charge in [0.15, 0.2) is 0 Å². The summed E-state index contributed by atoms with van der Waals surface area (Å²) in [5, 5.41) is 9.57. The van der Waals surface area contributed by atoms with Crippen molar-refractivity contribution >= 4 is 23.2 Å². The first-order chi connectivity index (χ1) is 8.22. The van der Waals surface area contributed by atoms with Gasteiger partial charge in [-0.3, -0.25) is 0 Å². The Morgan fingerprint density at radius 1 is 1.18 bits per heavy atom. The Morgan fingerprint density at radius 3 is 2.76 bits per heavy atom. The van der Waals surface area contributed by atoms with Gasteiger partial charge in [-0.1, -0.05) is 29.3 Å². The highest BCUT2D eigenvalue weighted by Gasteiger charge is 2.10. The summed E-state index contributed by atoms with van der Waals surface area (Å²) in [4.78, 5) is 3.97.